The highest BCUT2D eigenvalue weighted by molar-refractivity contribution is 6.46. The van der Waals surface area contributed by atoms with Gasteiger partial charge in [0.1, 0.15) is 0 Å². The summed E-state index contributed by atoms with van der Waals surface area (Å²) in [6.07, 6.45) is 12.6. The highest BCUT2D eigenvalue weighted by atomic mass is 16.5. The largest absolute Gasteiger partial charge is 0.395 e. The fraction of sp³-hybridized carbons (Fsp3) is 0.719. The van der Waals surface area contributed by atoms with Gasteiger partial charge in [0.25, 0.3) is 0 Å². The predicted octanol–water partition coefficient (Wildman–Crippen LogP) is 4.86. The van der Waals surface area contributed by atoms with Crippen LogP contribution >= 0.6 is 0 Å². The van der Waals surface area contributed by atoms with E-state index in [0.29, 0.717) is 12.5 Å². The normalized spacial score (nSPS) is 46.0. The Morgan fingerprint density at radius 2 is 1.66 bits per heavy atom. The molecule has 0 saturated heterocycles. The maximum atomic E-state index is 13.3. The Bertz CT molecular complexity index is 1200. The van der Waals surface area contributed by atoms with Gasteiger partial charge in [0.2, 0.25) is 17.5 Å². The lowest BCUT2D eigenvalue weighted by molar-refractivity contribution is -0.169. The van der Waals surface area contributed by atoms with Crippen LogP contribution in [0.5, 0.6) is 0 Å². The zero-order valence-corrected chi connectivity index (χ0v) is 24.3. The van der Waals surface area contributed by atoms with Gasteiger partial charge in [-0.2, -0.15) is 0 Å². The molecule has 3 saturated carbocycles. The number of nitrogens with one attached hydrogen (secondary N) is 1. The van der Waals surface area contributed by atoms with E-state index in [2.05, 4.69) is 46.0 Å². The summed E-state index contributed by atoms with van der Waals surface area (Å²) in [4.78, 5) is 39.1. The highest BCUT2D eigenvalue weighted by Gasteiger charge is 2.68. The zero-order chi connectivity index (χ0) is 27.9. The van der Waals surface area contributed by atoms with Crippen LogP contribution in [0.1, 0.15) is 86.5 Å². The molecule has 0 radical (unpaired) electrons. The summed E-state index contributed by atoms with van der Waals surface area (Å²) >= 11 is 0. The molecule has 2 N–H and O–H groups in total. The second-order valence-corrected chi connectivity index (χ2v) is 14.2. The number of methoxy groups -OCH3 is 1. The van der Waals surface area contributed by atoms with Crippen molar-refractivity contribution in [3.63, 3.8) is 0 Å². The smallest absolute Gasteiger partial charge is 0.238 e. The summed E-state index contributed by atoms with van der Waals surface area (Å²) < 4.78 is 5.70. The third kappa shape index (κ3) is 3.35. The minimum absolute atomic E-state index is 0.0186. The molecule has 208 valence electrons. The van der Waals surface area contributed by atoms with Crippen LogP contribution in [0.2, 0.25) is 0 Å². The van der Waals surface area contributed by atoms with Crippen LogP contribution in [0.3, 0.4) is 0 Å². The van der Waals surface area contributed by atoms with Crippen molar-refractivity contribution >= 4 is 17.5 Å². The first-order valence-corrected chi connectivity index (χ1v) is 14.3. The fourth-order valence-corrected chi connectivity index (χ4v) is 9.38. The van der Waals surface area contributed by atoms with E-state index in [9.17, 15) is 19.5 Å². The summed E-state index contributed by atoms with van der Waals surface area (Å²) in [7, 11) is 1.51. The molecule has 5 rings (SSSR count). The maximum absolute atomic E-state index is 13.3. The number of rotatable bonds is 4. The van der Waals surface area contributed by atoms with Gasteiger partial charge in [-0.25, -0.2) is 0 Å². The first kappa shape index (κ1) is 27.5. The predicted molar refractivity (Wildman–Crippen MR) is 146 cm³/mol. The lowest BCUT2D eigenvalue weighted by Crippen LogP contribution is -2.63. The zero-order valence-electron chi connectivity index (χ0n) is 24.3. The average molecular weight is 524 g/mol. The standard InChI is InChI=1S/C32H45NO5/c1-27-10-11-28(2,26(37)33-16-17-34)19-24(27)31(5)15-13-29(3)21-18-22(35)25(36)32(6,38-7)20(21)8-9-23(29)30(31,4)14-12-27/h8-9,18,24,34H,10-17,19H2,1-7H3,(H,33,37)/t24-,27-,28-,29+,30-,31+,32+/m1/s1. The van der Waals surface area contributed by atoms with Crippen molar-refractivity contribution in [1.82, 2.24) is 5.32 Å². The van der Waals surface area contributed by atoms with Gasteiger partial charge in [-0.05, 0) is 91.3 Å². The first-order valence-electron chi connectivity index (χ1n) is 14.3. The molecule has 0 spiro atoms. The molecule has 0 aromatic heterocycles. The van der Waals surface area contributed by atoms with E-state index in [1.807, 2.05) is 6.08 Å². The van der Waals surface area contributed by atoms with Crippen LogP contribution in [0.15, 0.2) is 34.9 Å². The second-order valence-electron chi connectivity index (χ2n) is 14.2. The van der Waals surface area contributed by atoms with Gasteiger partial charge >= 0.3 is 0 Å². The Kier molecular flexibility index (Phi) is 6.14. The summed E-state index contributed by atoms with van der Waals surface area (Å²) in [5, 5.41) is 12.2. The van der Waals surface area contributed by atoms with E-state index >= 15 is 0 Å². The lowest BCUT2D eigenvalue weighted by Gasteiger charge is -2.70. The number of ether oxygens (including phenoxy) is 1. The Hall–Kier alpha value is -2.05. The number of fused-ring (bicyclic) bond motifs is 7. The van der Waals surface area contributed by atoms with Crippen molar-refractivity contribution in [3.05, 3.63) is 34.9 Å². The Morgan fingerprint density at radius 1 is 0.974 bits per heavy atom. The van der Waals surface area contributed by atoms with Gasteiger partial charge in [-0.3, -0.25) is 14.4 Å². The van der Waals surface area contributed by atoms with E-state index < -0.39 is 22.6 Å². The summed E-state index contributed by atoms with van der Waals surface area (Å²) in [5.41, 5.74) is 1.10. The number of allylic oxidation sites excluding steroid dienone is 4. The van der Waals surface area contributed by atoms with Gasteiger partial charge in [0.15, 0.2) is 5.60 Å². The Labute approximate surface area is 227 Å². The molecule has 6 heteroatoms. The molecular formula is C32H45NO5. The number of Topliss-reactive ketones (excluding diaryl/α,β-unsaturated/α-hetero) is 1. The second kappa shape index (κ2) is 8.47. The summed E-state index contributed by atoms with van der Waals surface area (Å²) in [6.45, 7) is 13.6. The van der Waals surface area contributed by atoms with Crippen molar-refractivity contribution in [2.45, 2.75) is 92.1 Å². The maximum Gasteiger partial charge on any atom is 0.238 e. The van der Waals surface area contributed by atoms with Gasteiger partial charge in [0.05, 0.1) is 6.61 Å². The van der Waals surface area contributed by atoms with Crippen LogP contribution < -0.4 is 5.32 Å². The molecule has 0 unspecified atom stereocenters. The Balaban J connectivity index is 1.59. The van der Waals surface area contributed by atoms with E-state index in [4.69, 9.17) is 4.74 Å². The molecule has 5 aliphatic rings. The number of aliphatic hydroxyl groups is 1. The molecule has 1 amide bonds. The van der Waals surface area contributed by atoms with E-state index in [1.165, 1.54) is 12.7 Å². The van der Waals surface area contributed by atoms with Gasteiger partial charge in [-0.1, -0.05) is 52.3 Å². The SMILES string of the molecule is CO[C@]1(C)C(=O)C(=O)C=C2C1=CC=C1[C@@]2(C)CC[C@@]2(C)[C@@H]3C[C@](C)(C(=O)NCCO)CC[C@]3(C)CC[C@]12C. The van der Waals surface area contributed by atoms with E-state index in [0.717, 1.165) is 56.1 Å². The molecule has 0 aromatic carbocycles. The third-order valence-corrected chi connectivity index (χ3v) is 12.4. The van der Waals surface area contributed by atoms with Crippen molar-refractivity contribution in [1.29, 1.82) is 0 Å². The summed E-state index contributed by atoms with van der Waals surface area (Å²) in [6, 6.07) is 0. The highest BCUT2D eigenvalue weighted by Crippen LogP contribution is 2.75. The third-order valence-electron chi connectivity index (χ3n) is 12.4. The number of aliphatic hydroxyl groups excluding tert-OH is 1. The van der Waals surface area contributed by atoms with E-state index in [1.54, 1.807) is 13.0 Å². The van der Waals surface area contributed by atoms with Crippen LogP contribution in [-0.4, -0.2) is 48.4 Å². The number of ketones is 2. The average Bonchev–Trinajstić information content (AvgIpc) is 2.89. The molecule has 0 aliphatic heterocycles. The number of hydrogen-bond donors (Lipinski definition) is 2. The van der Waals surface area contributed by atoms with Gasteiger partial charge in [-0.15, -0.1) is 0 Å². The number of carbonyl (C=O) groups is 3. The minimum atomic E-state index is -1.26. The number of amides is 1. The minimum Gasteiger partial charge on any atom is -0.395 e. The quantitative estimate of drug-likeness (QED) is 0.513. The lowest BCUT2D eigenvalue weighted by atomic mass is 9.34. The van der Waals surface area contributed by atoms with Crippen molar-refractivity contribution in [2.24, 2.45) is 33.0 Å². The van der Waals surface area contributed by atoms with Crippen LogP contribution in [0, 0.1) is 33.0 Å². The fourth-order valence-electron chi connectivity index (χ4n) is 9.38. The van der Waals surface area contributed by atoms with Crippen LogP contribution in [-0.2, 0) is 19.1 Å². The van der Waals surface area contributed by atoms with Gasteiger partial charge in [0, 0.05) is 24.5 Å². The van der Waals surface area contributed by atoms with Crippen molar-refractivity contribution < 1.29 is 24.2 Å². The number of hydrogen-bond acceptors (Lipinski definition) is 5. The molecule has 6 nitrogen and oxygen atoms in total. The van der Waals surface area contributed by atoms with Crippen LogP contribution in [0.25, 0.3) is 0 Å². The molecular weight excluding hydrogens is 478 g/mol. The first-order chi connectivity index (χ1) is 17.7. The molecule has 7 atom stereocenters. The molecule has 3 fully saturated rings. The van der Waals surface area contributed by atoms with Crippen LogP contribution in [0.4, 0.5) is 0 Å². The van der Waals surface area contributed by atoms with Gasteiger partial charge < -0.3 is 15.2 Å². The summed E-state index contributed by atoms with van der Waals surface area (Å²) in [5.74, 6) is -0.549. The molecule has 0 aromatic rings. The molecule has 5 aliphatic carbocycles. The molecule has 38 heavy (non-hydrogen) atoms. The van der Waals surface area contributed by atoms with Crippen molar-refractivity contribution in [3.8, 4) is 0 Å². The monoisotopic (exact) mass is 523 g/mol. The van der Waals surface area contributed by atoms with E-state index in [-0.39, 0.29) is 34.2 Å². The Morgan fingerprint density at radius 3 is 2.32 bits per heavy atom. The van der Waals surface area contributed by atoms with Crippen molar-refractivity contribution in [2.75, 3.05) is 20.3 Å². The number of carbonyl (C=O) groups excluding carboxylic acids is 3. The molecule has 0 bridgehead atoms. The molecule has 0 heterocycles. The topological polar surface area (TPSA) is 92.7 Å².